The fourth-order valence-corrected chi connectivity index (χ4v) is 5.21. The van der Waals surface area contributed by atoms with Crippen LogP contribution < -0.4 is 5.32 Å². The molecule has 0 atom stereocenters. The van der Waals surface area contributed by atoms with Crippen LogP contribution in [0.15, 0.2) is 0 Å². The Hall–Kier alpha value is -1.23. The van der Waals surface area contributed by atoms with Gasteiger partial charge in [0.2, 0.25) is 5.82 Å². The smallest absolute Gasteiger partial charge is 0.376 e. The van der Waals surface area contributed by atoms with E-state index in [0.717, 1.165) is 0 Å². The Balaban J connectivity index is 3.24. The van der Waals surface area contributed by atoms with Crippen molar-refractivity contribution in [2.75, 3.05) is 11.5 Å². The third-order valence-electron chi connectivity index (χ3n) is 2.94. The molecule has 0 bridgehead atoms. The van der Waals surface area contributed by atoms with E-state index in [1.165, 1.54) is 0 Å². The average molecular weight is 401 g/mol. The van der Waals surface area contributed by atoms with Crippen LogP contribution in [0.4, 0.5) is 27.6 Å². The fraction of sp³-hybridized carbons (Fsp3) is 0.625. The zero-order valence-corrected chi connectivity index (χ0v) is 16.6. The van der Waals surface area contributed by atoms with E-state index in [2.05, 4.69) is 5.32 Å². The molecule has 0 aliphatic rings. The van der Waals surface area contributed by atoms with E-state index < -0.39 is 43.6 Å². The maximum Gasteiger partial charge on any atom is 0.521 e. The Bertz CT molecular complexity index is 573. The first kappa shape index (κ1) is 22.8. The number of hydrogen-bond acceptors (Lipinski definition) is 4. The molecule has 1 N–H and O–H groups in total. The SMILES string of the molecule is CC(C)O[Si](CNc1c(F)c(F)c(F)c(F)c1F)(OC(C)C)OC(C)C. The molecule has 4 nitrogen and oxygen atoms in total. The standard InChI is InChI=1S/C16H24F5NO3Si/c1-8(2)23-26(24-9(3)4,25-10(5)6)7-22-16-14(20)12(18)11(17)13(19)15(16)21/h8-10,22H,7H2,1-6H3. The van der Waals surface area contributed by atoms with Gasteiger partial charge in [-0.05, 0) is 41.5 Å². The second kappa shape index (κ2) is 9.11. The van der Waals surface area contributed by atoms with Gasteiger partial charge < -0.3 is 18.6 Å². The van der Waals surface area contributed by atoms with Crippen molar-refractivity contribution in [2.45, 2.75) is 59.9 Å². The number of nitrogens with one attached hydrogen (secondary N) is 1. The van der Waals surface area contributed by atoms with Crippen LogP contribution in [-0.4, -0.2) is 33.3 Å². The lowest BCUT2D eigenvalue weighted by Gasteiger charge is -2.34. The average Bonchev–Trinajstić information content (AvgIpc) is 2.48. The Labute approximate surface area is 151 Å². The van der Waals surface area contributed by atoms with Gasteiger partial charge in [0.15, 0.2) is 23.3 Å². The van der Waals surface area contributed by atoms with Crippen molar-refractivity contribution in [1.29, 1.82) is 0 Å². The first-order valence-corrected chi connectivity index (χ1v) is 10.1. The van der Waals surface area contributed by atoms with Crippen molar-refractivity contribution < 1.29 is 35.2 Å². The number of halogens is 5. The number of hydrogen-bond donors (Lipinski definition) is 1. The number of benzene rings is 1. The highest BCUT2D eigenvalue weighted by atomic mass is 28.4. The van der Waals surface area contributed by atoms with Crippen molar-refractivity contribution in [2.24, 2.45) is 0 Å². The Kier molecular flexibility index (Phi) is 7.99. The summed E-state index contributed by atoms with van der Waals surface area (Å²) < 4.78 is 85.0. The maximum absolute atomic E-state index is 13.9. The summed E-state index contributed by atoms with van der Waals surface area (Å²) in [6.45, 7) is 10.3. The third-order valence-corrected chi connectivity index (χ3v) is 6.04. The molecule has 0 spiro atoms. The molecule has 1 aromatic rings. The van der Waals surface area contributed by atoms with E-state index in [4.69, 9.17) is 13.3 Å². The molecule has 0 aliphatic heterocycles. The maximum atomic E-state index is 13.9. The van der Waals surface area contributed by atoms with E-state index in [1.807, 2.05) is 0 Å². The topological polar surface area (TPSA) is 39.7 Å². The summed E-state index contributed by atoms with van der Waals surface area (Å²) in [6.07, 6.45) is -1.42. The Morgan fingerprint density at radius 1 is 0.654 bits per heavy atom. The van der Waals surface area contributed by atoms with Gasteiger partial charge in [0, 0.05) is 18.3 Å². The quantitative estimate of drug-likeness (QED) is 0.285. The van der Waals surface area contributed by atoms with E-state index in [1.54, 1.807) is 41.5 Å². The third kappa shape index (κ3) is 5.63. The molecule has 0 unspecified atom stereocenters. The van der Waals surface area contributed by atoms with Crippen molar-refractivity contribution in [1.82, 2.24) is 0 Å². The molecule has 0 amide bonds. The molecular weight excluding hydrogens is 377 g/mol. The minimum atomic E-state index is -3.54. The molecule has 150 valence electrons. The molecule has 0 radical (unpaired) electrons. The van der Waals surface area contributed by atoms with Crippen LogP contribution in [-0.2, 0) is 13.3 Å². The largest absolute Gasteiger partial charge is 0.521 e. The predicted molar refractivity (Wildman–Crippen MR) is 89.1 cm³/mol. The van der Waals surface area contributed by atoms with E-state index in [-0.39, 0.29) is 24.5 Å². The number of rotatable bonds is 9. The second-order valence-electron chi connectivity index (χ2n) is 6.48. The molecule has 0 saturated carbocycles. The van der Waals surface area contributed by atoms with Crippen LogP contribution in [0.2, 0.25) is 0 Å². The first-order chi connectivity index (χ1) is 11.9. The van der Waals surface area contributed by atoms with Crippen LogP contribution in [0, 0.1) is 29.1 Å². The number of anilines is 1. The molecule has 1 aromatic carbocycles. The van der Waals surface area contributed by atoms with Gasteiger partial charge in [0.05, 0.1) is 6.17 Å². The summed E-state index contributed by atoms with van der Waals surface area (Å²) >= 11 is 0. The first-order valence-electron chi connectivity index (χ1n) is 8.19. The van der Waals surface area contributed by atoms with Gasteiger partial charge >= 0.3 is 8.80 Å². The zero-order valence-electron chi connectivity index (χ0n) is 15.6. The molecule has 0 aromatic heterocycles. The molecule has 0 aliphatic carbocycles. The van der Waals surface area contributed by atoms with Crippen molar-refractivity contribution in [3.05, 3.63) is 29.1 Å². The molecular formula is C16H24F5NO3Si. The molecule has 10 heteroatoms. The second-order valence-corrected chi connectivity index (χ2v) is 8.91. The summed E-state index contributed by atoms with van der Waals surface area (Å²) in [7, 11) is -3.54. The van der Waals surface area contributed by atoms with Crippen LogP contribution >= 0.6 is 0 Å². The van der Waals surface area contributed by atoms with Crippen molar-refractivity contribution in [3.8, 4) is 0 Å². The summed E-state index contributed by atoms with van der Waals surface area (Å²) in [5, 5.41) is 2.24. The van der Waals surface area contributed by atoms with Crippen molar-refractivity contribution in [3.63, 3.8) is 0 Å². The summed E-state index contributed by atoms with van der Waals surface area (Å²) in [6, 6.07) is 0. The summed E-state index contributed by atoms with van der Waals surface area (Å²) in [5.74, 6) is -10.2. The molecule has 0 saturated heterocycles. The van der Waals surface area contributed by atoms with Crippen molar-refractivity contribution >= 4 is 14.5 Å². The lowest BCUT2D eigenvalue weighted by Crippen LogP contribution is -2.56. The lowest BCUT2D eigenvalue weighted by molar-refractivity contribution is 0.00538. The molecule has 0 heterocycles. The minimum absolute atomic E-state index is 0.350. The molecule has 1 rings (SSSR count). The highest BCUT2D eigenvalue weighted by Gasteiger charge is 2.45. The molecule has 0 fully saturated rings. The van der Waals surface area contributed by atoms with Gasteiger partial charge in [-0.2, -0.15) is 0 Å². The highest BCUT2D eigenvalue weighted by Crippen LogP contribution is 2.28. The fourth-order valence-electron chi connectivity index (χ4n) is 2.24. The Morgan fingerprint density at radius 3 is 1.27 bits per heavy atom. The van der Waals surface area contributed by atoms with Crippen LogP contribution in [0.1, 0.15) is 41.5 Å². The van der Waals surface area contributed by atoms with Crippen LogP contribution in [0.5, 0.6) is 0 Å². The summed E-state index contributed by atoms with van der Waals surface area (Å²) in [4.78, 5) is 0. The summed E-state index contributed by atoms with van der Waals surface area (Å²) in [5.41, 5.74) is -1.15. The van der Waals surface area contributed by atoms with Gasteiger partial charge in [-0.15, -0.1) is 0 Å². The van der Waals surface area contributed by atoms with Gasteiger partial charge in [-0.3, -0.25) is 0 Å². The predicted octanol–water partition coefficient (Wildman–Crippen LogP) is 4.55. The minimum Gasteiger partial charge on any atom is -0.376 e. The monoisotopic (exact) mass is 401 g/mol. The van der Waals surface area contributed by atoms with Gasteiger partial charge in [-0.25, -0.2) is 22.0 Å². The van der Waals surface area contributed by atoms with Crippen LogP contribution in [0.25, 0.3) is 0 Å². The highest BCUT2D eigenvalue weighted by molar-refractivity contribution is 6.61. The van der Waals surface area contributed by atoms with Gasteiger partial charge in [0.1, 0.15) is 5.69 Å². The Morgan fingerprint density at radius 2 is 0.962 bits per heavy atom. The molecule has 26 heavy (non-hydrogen) atoms. The zero-order chi connectivity index (χ0) is 20.2. The van der Waals surface area contributed by atoms with Gasteiger partial charge in [0.25, 0.3) is 0 Å². The van der Waals surface area contributed by atoms with Gasteiger partial charge in [-0.1, -0.05) is 0 Å². The lowest BCUT2D eigenvalue weighted by atomic mass is 10.2. The van der Waals surface area contributed by atoms with E-state index >= 15 is 0 Å². The van der Waals surface area contributed by atoms with Crippen LogP contribution in [0.3, 0.4) is 0 Å². The van der Waals surface area contributed by atoms with E-state index in [0.29, 0.717) is 0 Å². The van der Waals surface area contributed by atoms with E-state index in [9.17, 15) is 22.0 Å². The normalized spacial score (nSPS) is 12.5.